The number of aromatic nitrogens is 1. The Balaban J connectivity index is 1.96. The Hall–Kier alpha value is -3.55. The van der Waals surface area contributed by atoms with Crippen molar-refractivity contribution < 1.29 is 32.6 Å². The maximum Gasteiger partial charge on any atom is 0.412 e. The van der Waals surface area contributed by atoms with Crippen LogP contribution in [0.5, 0.6) is 5.75 Å². The SMILES string of the molecule is CCCN(CC(=O)N[C@H](Cc1ccc(OC(=O)NCCNC(C)C)cc1)C(=O)O)S(=O)(=O)c1cccnc1. The summed E-state index contributed by atoms with van der Waals surface area (Å²) in [6.07, 6.45) is 2.41. The fraction of sp³-hybridized carbons (Fsp3) is 0.440. The van der Waals surface area contributed by atoms with Gasteiger partial charge in [-0.25, -0.2) is 18.0 Å². The van der Waals surface area contributed by atoms with Crippen molar-refractivity contribution in [1.29, 1.82) is 0 Å². The minimum atomic E-state index is -3.99. The maximum absolute atomic E-state index is 12.9. The van der Waals surface area contributed by atoms with Crippen molar-refractivity contribution in [2.75, 3.05) is 26.2 Å². The molecule has 12 nitrogen and oxygen atoms in total. The van der Waals surface area contributed by atoms with Crippen LogP contribution in [-0.4, -0.2) is 79.0 Å². The number of rotatable bonds is 15. The minimum absolute atomic E-state index is 0.0563. The molecule has 1 atom stereocenters. The third kappa shape index (κ3) is 10.1. The Kier molecular flexibility index (Phi) is 12.1. The van der Waals surface area contributed by atoms with Gasteiger partial charge in [-0.05, 0) is 36.2 Å². The van der Waals surface area contributed by atoms with Gasteiger partial charge < -0.3 is 25.8 Å². The summed E-state index contributed by atoms with van der Waals surface area (Å²) in [7, 11) is -3.99. The average molecular weight is 550 g/mol. The number of carbonyl (C=O) groups is 3. The number of amides is 2. The van der Waals surface area contributed by atoms with Gasteiger partial charge in [-0.3, -0.25) is 9.78 Å². The lowest BCUT2D eigenvalue weighted by atomic mass is 10.1. The van der Waals surface area contributed by atoms with Crippen molar-refractivity contribution in [2.24, 2.45) is 0 Å². The molecule has 1 aromatic heterocycles. The van der Waals surface area contributed by atoms with E-state index in [1.54, 1.807) is 19.1 Å². The molecule has 0 saturated carbocycles. The molecule has 0 spiro atoms. The van der Waals surface area contributed by atoms with Crippen LogP contribution < -0.4 is 20.7 Å². The number of hydrogen-bond acceptors (Lipinski definition) is 8. The van der Waals surface area contributed by atoms with E-state index in [0.717, 1.165) is 4.31 Å². The van der Waals surface area contributed by atoms with Crippen LogP contribution in [0, 0.1) is 0 Å². The summed E-state index contributed by atoms with van der Waals surface area (Å²) in [5, 5.41) is 17.8. The summed E-state index contributed by atoms with van der Waals surface area (Å²) in [5.41, 5.74) is 0.569. The van der Waals surface area contributed by atoms with E-state index in [2.05, 4.69) is 20.9 Å². The lowest BCUT2D eigenvalue weighted by molar-refractivity contribution is -0.141. The van der Waals surface area contributed by atoms with Gasteiger partial charge >= 0.3 is 12.1 Å². The van der Waals surface area contributed by atoms with Crippen LogP contribution in [-0.2, 0) is 26.0 Å². The van der Waals surface area contributed by atoms with Gasteiger partial charge in [-0.2, -0.15) is 4.31 Å². The highest BCUT2D eigenvalue weighted by Crippen LogP contribution is 2.16. The number of benzene rings is 1. The molecular weight excluding hydrogens is 514 g/mol. The summed E-state index contributed by atoms with van der Waals surface area (Å²) in [5.74, 6) is -1.75. The maximum atomic E-state index is 12.9. The van der Waals surface area contributed by atoms with Crippen molar-refractivity contribution in [3.8, 4) is 5.75 Å². The molecule has 0 bridgehead atoms. The molecule has 1 heterocycles. The average Bonchev–Trinajstić information content (AvgIpc) is 2.87. The van der Waals surface area contributed by atoms with Gasteiger partial charge in [0.05, 0.1) is 6.54 Å². The quantitative estimate of drug-likeness (QED) is 0.240. The first-order valence-electron chi connectivity index (χ1n) is 12.2. The zero-order valence-electron chi connectivity index (χ0n) is 21.7. The third-order valence-electron chi connectivity index (χ3n) is 5.22. The highest BCUT2D eigenvalue weighted by molar-refractivity contribution is 7.89. The Morgan fingerprint density at radius 1 is 1.11 bits per heavy atom. The van der Waals surface area contributed by atoms with E-state index in [1.807, 2.05) is 13.8 Å². The van der Waals surface area contributed by atoms with E-state index in [1.165, 1.54) is 36.7 Å². The third-order valence-corrected chi connectivity index (χ3v) is 7.05. The molecule has 208 valence electrons. The number of hydrogen-bond donors (Lipinski definition) is 4. The molecule has 0 aliphatic heterocycles. The topological polar surface area (TPSA) is 167 Å². The fourth-order valence-electron chi connectivity index (χ4n) is 3.38. The van der Waals surface area contributed by atoms with Gasteiger partial charge in [-0.15, -0.1) is 0 Å². The minimum Gasteiger partial charge on any atom is -0.480 e. The number of carboxylic acids is 1. The molecular formula is C25H35N5O7S. The van der Waals surface area contributed by atoms with E-state index in [4.69, 9.17) is 4.74 Å². The first-order valence-corrected chi connectivity index (χ1v) is 13.7. The van der Waals surface area contributed by atoms with Crippen molar-refractivity contribution >= 4 is 28.0 Å². The monoisotopic (exact) mass is 549 g/mol. The van der Waals surface area contributed by atoms with E-state index in [-0.39, 0.29) is 23.6 Å². The van der Waals surface area contributed by atoms with Crippen LogP contribution in [0.2, 0.25) is 0 Å². The van der Waals surface area contributed by atoms with Crippen molar-refractivity contribution in [3.63, 3.8) is 0 Å². The molecule has 1 aromatic carbocycles. The molecule has 4 N–H and O–H groups in total. The van der Waals surface area contributed by atoms with Crippen molar-refractivity contribution in [2.45, 2.75) is 50.6 Å². The highest BCUT2D eigenvalue weighted by atomic mass is 32.2. The highest BCUT2D eigenvalue weighted by Gasteiger charge is 2.28. The van der Waals surface area contributed by atoms with Crippen molar-refractivity contribution in [1.82, 2.24) is 25.2 Å². The van der Waals surface area contributed by atoms with Crippen LogP contribution in [0.15, 0.2) is 53.7 Å². The van der Waals surface area contributed by atoms with Crippen LogP contribution in [0.1, 0.15) is 32.8 Å². The number of aliphatic carboxylic acids is 1. The Morgan fingerprint density at radius 2 is 1.82 bits per heavy atom. The normalized spacial score (nSPS) is 12.2. The van der Waals surface area contributed by atoms with Gasteiger partial charge in [0.2, 0.25) is 15.9 Å². The van der Waals surface area contributed by atoms with Crippen molar-refractivity contribution in [3.05, 3.63) is 54.4 Å². The van der Waals surface area contributed by atoms with Crippen LogP contribution in [0.3, 0.4) is 0 Å². The van der Waals surface area contributed by atoms with E-state index < -0.39 is 40.6 Å². The molecule has 0 saturated heterocycles. The molecule has 0 aliphatic rings. The lowest BCUT2D eigenvalue weighted by Gasteiger charge is -2.22. The number of carbonyl (C=O) groups excluding carboxylic acids is 2. The van der Waals surface area contributed by atoms with Gasteiger partial charge in [0.15, 0.2) is 0 Å². The molecule has 0 radical (unpaired) electrons. The molecule has 2 aromatic rings. The summed E-state index contributed by atoms with van der Waals surface area (Å²) in [6.45, 7) is 6.29. The zero-order valence-corrected chi connectivity index (χ0v) is 22.5. The Morgan fingerprint density at radius 3 is 2.39 bits per heavy atom. The summed E-state index contributed by atoms with van der Waals surface area (Å²) >= 11 is 0. The number of pyridine rings is 1. The summed E-state index contributed by atoms with van der Waals surface area (Å²) in [6, 6.07) is 8.07. The summed E-state index contributed by atoms with van der Waals surface area (Å²) < 4.78 is 32.0. The fourth-order valence-corrected chi connectivity index (χ4v) is 4.83. The standard InChI is InChI=1S/C25H35N5O7S/c1-4-14-30(38(35,36)21-6-5-11-26-16-21)17-23(31)29-22(24(32)33)15-19-7-9-20(10-8-19)37-25(34)28-13-12-27-18(2)3/h5-11,16,18,22,27H,4,12-15,17H2,1-3H3,(H,28,34)(H,29,31)(H,32,33)/t22-/m1/s1. The lowest BCUT2D eigenvalue weighted by Crippen LogP contribution is -2.48. The summed E-state index contributed by atoms with van der Waals surface area (Å²) in [4.78, 5) is 40.1. The van der Waals surface area contributed by atoms with Crippen LogP contribution in [0.4, 0.5) is 4.79 Å². The predicted octanol–water partition coefficient (Wildman–Crippen LogP) is 1.38. The molecule has 0 fully saturated rings. The van der Waals surface area contributed by atoms with Crippen LogP contribution in [0.25, 0.3) is 0 Å². The first kappa shape index (κ1) is 30.7. The molecule has 2 amide bonds. The predicted molar refractivity (Wildman–Crippen MR) is 140 cm³/mol. The van der Waals surface area contributed by atoms with E-state index >= 15 is 0 Å². The second-order valence-corrected chi connectivity index (χ2v) is 10.7. The number of ether oxygens (including phenoxy) is 1. The Bertz CT molecular complexity index is 1160. The number of sulfonamides is 1. The van der Waals surface area contributed by atoms with Gasteiger partial charge in [0.25, 0.3) is 0 Å². The molecule has 2 rings (SSSR count). The Labute approximate surface area is 222 Å². The van der Waals surface area contributed by atoms with Gasteiger partial charge in [-0.1, -0.05) is 32.9 Å². The second-order valence-electron chi connectivity index (χ2n) is 8.76. The second kappa shape index (κ2) is 15.0. The molecule has 38 heavy (non-hydrogen) atoms. The van der Waals surface area contributed by atoms with Gasteiger partial charge in [0.1, 0.15) is 16.7 Å². The number of nitrogens with one attached hydrogen (secondary N) is 3. The largest absolute Gasteiger partial charge is 0.480 e. The zero-order chi connectivity index (χ0) is 28.1. The molecule has 0 aliphatic carbocycles. The smallest absolute Gasteiger partial charge is 0.412 e. The van der Waals surface area contributed by atoms with Crippen LogP contribution >= 0.6 is 0 Å². The van der Waals surface area contributed by atoms with E-state index in [9.17, 15) is 27.9 Å². The number of carboxylic acid groups (broad SMARTS) is 1. The molecule has 13 heteroatoms. The molecule has 0 unspecified atom stereocenters. The van der Waals surface area contributed by atoms with E-state index in [0.29, 0.717) is 31.1 Å². The van der Waals surface area contributed by atoms with Gasteiger partial charge in [0, 0.05) is 44.5 Å². The first-order chi connectivity index (χ1) is 18.0. The number of nitrogens with zero attached hydrogens (tertiary/aromatic N) is 2.